The first-order valence-electron chi connectivity index (χ1n) is 9.13. The molecule has 0 rings (SSSR count). The van der Waals surface area contributed by atoms with Crippen molar-refractivity contribution < 1.29 is 10.0 Å². The minimum atomic E-state index is -0.226. The van der Waals surface area contributed by atoms with Gasteiger partial charge in [-0.25, -0.2) is 0 Å². The second-order valence-electron chi connectivity index (χ2n) is 6.20. The maximum atomic E-state index is 11.0. The molecule has 0 fully saturated rings. The highest BCUT2D eigenvalue weighted by Gasteiger charge is 2.10. The molecule has 0 aliphatic heterocycles. The lowest BCUT2D eigenvalue weighted by Crippen LogP contribution is -2.05. The van der Waals surface area contributed by atoms with Gasteiger partial charge in [0.15, 0.2) is 0 Å². The van der Waals surface area contributed by atoms with Gasteiger partial charge in [0.1, 0.15) is 0 Å². The first-order chi connectivity index (χ1) is 10.6. The van der Waals surface area contributed by atoms with Gasteiger partial charge in [0, 0.05) is 6.42 Å². The van der Waals surface area contributed by atoms with Crippen molar-refractivity contribution in [3.63, 3.8) is 0 Å². The van der Waals surface area contributed by atoms with Crippen molar-refractivity contribution in [1.82, 2.24) is 0 Å². The lowest BCUT2D eigenvalue weighted by atomic mass is 10.0. The summed E-state index contributed by atoms with van der Waals surface area (Å²) in [5, 5.41) is 20.8. The fraction of sp³-hybridized carbons (Fsp3) is 0.889. The molecule has 0 spiro atoms. The molecule has 0 heterocycles. The Bertz CT molecular complexity index is 303. The number of unbranched alkanes of at least 4 members (excludes halogenated alkanes) is 7. The average molecular weight is 313 g/mol. The van der Waals surface area contributed by atoms with Crippen LogP contribution in [-0.2, 0) is 0 Å². The van der Waals surface area contributed by atoms with Crippen LogP contribution in [0.25, 0.3) is 0 Å². The van der Waals surface area contributed by atoms with Crippen LogP contribution in [0.15, 0.2) is 11.8 Å². The number of nitrogens with zero attached hydrogens (tertiary/aromatic N) is 1. The van der Waals surface area contributed by atoms with Gasteiger partial charge >= 0.3 is 0 Å². The number of hydrogen-bond donors (Lipinski definition) is 1. The fourth-order valence-electron chi connectivity index (χ4n) is 2.55. The molecule has 0 aromatic heterocycles. The maximum Gasteiger partial charge on any atom is 0.242 e. The van der Waals surface area contributed by atoms with Crippen LogP contribution in [-0.4, -0.2) is 16.1 Å². The summed E-state index contributed by atoms with van der Waals surface area (Å²) in [7, 11) is 0. The molecule has 4 nitrogen and oxygen atoms in total. The van der Waals surface area contributed by atoms with Gasteiger partial charge in [-0.05, 0) is 38.2 Å². The van der Waals surface area contributed by atoms with E-state index in [2.05, 4.69) is 13.8 Å². The van der Waals surface area contributed by atoms with E-state index in [-0.39, 0.29) is 11.0 Å². The van der Waals surface area contributed by atoms with Crippen molar-refractivity contribution in [2.45, 2.75) is 103 Å². The standard InChI is InChI=1S/C18H35NO3/c1-3-5-7-8-10-13-17(19(21)22)14-11-9-12-16-18(20)15-6-4-2/h13,18,20H,3-12,14-16H2,1-2H3/b17-13+. The van der Waals surface area contributed by atoms with E-state index in [0.717, 1.165) is 64.2 Å². The first-order valence-corrected chi connectivity index (χ1v) is 9.13. The molecule has 130 valence electrons. The highest BCUT2D eigenvalue weighted by Crippen LogP contribution is 2.15. The number of nitro groups is 1. The third-order valence-corrected chi connectivity index (χ3v) is 4.03. The summed E-state index contributed by atoms with van der Waals surface area (Å²) in [5.41, 5.74) is 0.378. The molecule has 1 N–H and O–H groups in total. The Morgan fingerprint density at radius 3 is 2.27 bits per heavy atom. The second kappa shape index (κ2) is 15.0. The van der Waals surface area contributed by atoms with Gasteiger partial charge in [-0.2, -0.15) is 0 Å². The molecule has 0 saturated carbocycles. The molecule has 1 unspecified atom stereocenters. The zero-order valence-electron chi connectivity index (χ0n) is 14.6. The Morgan fingerprint density at radius 2 is 1.64 bits per heavy atom. The number of allylic oxidation sites excluding steroid dienone is 2. The summed E-state index contributed by atoms with van der Waals surface area (Å²) < 4.78 is 0. The van der Waals surface area contributed by atoms with Crippen molar-refractivity contribution in [2.75, 3.05) is 0 Å². The largest absolute Gasteiger partial charge is 0.393 e. The van der Waals surface area contributed by atoms with E-state index in [1.165, 1.54) is 12.8 Å². The lowest BCUT2D eigenvalue weighted by molar-refractivity contribution is -0.428. The van der Waals surface area contributed by atoms with E-state index in [0.29, 0.717) is 12.1 Å². The van der Waals surface area contributed by atoms with Gasteiger partial charge in [-0.3, -0.25) is 10.1 Å². The molecule has 0 aliphatic carbocycles. The first kappa shape index (κ1) is 21.1. The van der Waals surface area contributed by atoms with Crippen LogP contribution in [0.5, 0.6) is 0 Å². The van der Waals surface area contributed by atoms with E-state index in [1.807, 2.05) is 6.08 Å². The van der Waals surface area contributed by atoms with Crippen molar-refractivity contribution in [3.05, 3.63) is 21.9 Å². The zero-order chi connectivity index (χ0) is 16.6. The fourth-order valence-corrected chi connectivity index (χ4v) is 2.55. The number of rotatable bonds is 15. The second-order valence-corrected chi connectivity index (χ2v) is 6.20. The summed E-state index contributed by atoms with van der Waals surface area (Å²) in [6.45, 7) is 4.29. The van der Waals surface area contributed by atoms with Crippen molar-refractivity contribution in [3.8, 4) is 0 Å². The van der Waals surface area contributed by atoms with E-state index in [4.69, 9.17) is 0 Å². The average Bonchev–Trinajstić information content (AvgIpc) is 2.50. The molecule has 22 heavy (non-hydrogen) atoms. The van der Waals surface area contributed by atoms with Crippen LogP contribution in [0.3, 0.4) is 0 Å². The van der Waals surface area contributed by atoms with Gasteiger partial charge in [-0.15, -0.1) is 0 Å². The molecular weight excluding hydrogens is 278 g/mol. The predicted molar refractivity (Wildman–Crippen MR) is 92.5 cm³/mol. The van der Waals surface area contributed by atoms with Gasteiger partial charge in [0.05, 0.1) is 11.0 Å². The third-order valence-electron chi connectivity index (χ3n) is 4.03. The molecule has 0 amide bonds. The van der Waals surface area contributed by atoms with Crippen molar-refractivity contribution in [1.29, 1.82) is 0 Å². The van der Waals surface area contributed by atoms with Crippen LogP contribution in [0.4, 0.5) is 0 Å². The van der Waals surface area contributed by atoms with Crippen LogP contribution in [0, 0.1) is 10.1 Å². The van der Waals surface area contributed by atoms with Gasteiger partial charge in [0.25, 0.3) is 0 Å². The Kier molecular flexibility index (Phi) is 14.4. The van der Waals surface area contributed by atoms with Gasteiger partial charge in [0.2, 0.25) is 5.70 Å². The minimum Gasteiger partial charge on any atom is -0.393 e. The van der Waals surface area contributed by atoms with Crippen LogP contribution >= 0.6 is 0 Å². The van der Waals surface area contributed by atoms with E-state index in [9.17, 15) is 15.2 Å². The maximum absolute atomic E-state index is 11.0. The highest BCUT2D eigenvalue weighted by atomic mass is 16.6. The number of aliphatic hydroxyl groups is 1. The molecule has 0 saturated heterocycles. The van der Waals surface area contributed by atoms with Crippen LogP contribution in [0.2, 0.25) is 0 Å². The van der Waals surface area contributed by atoms with Crippen LogP contribution in [0.1, 0.15) is 97.3 Å². The Balaban J connectivity index is 3.77. The molecule has 4 heteroatoms. The monoisotopic (exact) mass is 313 g/mol. The molecular formula is C18H35NO3. The van der Waals surface area contributed by atoms with Crippen molar-refractivity contribution >= 4 is 0 Å². The zero-order valence-corrected chi connectivity index (χ0v) is 14.6. The van der Waals surface area contributed by atoms with Gasteiger partial charge < -0.3 is 5.11 Å². The Hall–Kier alpha value is -0.900. The third kappa shape index (κ3) is 12.8. The Labute approximate surface area is 136 Å². The van der Waals surface area contributed by atoms with E-state index >= 15 is 0 Å². The highest BCUT2D eigenvalue weighted by molar-refractivity contribution is 4.91. The molecule has 0 aromatic rings. The molecule has 0 aliphatic rings. The predicted octanol–water partition coefficient (Wildman–Crippen LogP) is 5.62. The molecule has 0 aromatic carbocycles. The summed E-state index contributed by atoms with van der Waals surface area (Å²) in [6, 6.07) is 0. The summed E-state index contributed by atoms with van der Waals surface area (Å²) in [6.07, 6.45) is 14.3. The van der Waals surface area contributed by atoms with E-state index in [1.54, 1.807) is 0 Å². The number of aliphatic hydroxyl groups excluding tert-OH is 1. The quantitative estimate of drug-likeness (QED) is 0.242. The minimum absolute atomic E-state index is 0.191. The van der Waals surface area contributed by atoms with Crippen LogP contribution < -0.4 is 0 Å². The Morgan fingerprint density at radius 1 is 1.00 bits per heavy atom. The number of hydrogen-bond acceptors (Lipinski definition) is 3. The molecule has 1 atom stereocenters. The normalized spacial score (nSPS) is 13.3. The molecule has 0 bridgehead atoms. The smallest absolute Gasteiger partial charge is 0.242 e. The lowest BCUT2D eigenvalue weighted by Gasteiger charge is -2.09. The topological polar surface area (TPSA) is 63.4 Å². The van der Waals surface area contributed by atoms with E-state index < -0.39 is 0 Å². The summed E-state index contributed by atoms with van der Waals surface area (Å²) >= 11 is 0. The SMILES string of the molecule is CCCCCC/C=C(\CCCCCC(O)CCCC)[N+](=O)[O-]. The molecule has 0 radical (unpaired) electrons. The van der Waals surface area contributed by atoms with Gasteiger partial charge in [-0.1, -0.05) is 58.8 Å². The summed E-state index contributed by atoms with van der Waals surface area (Å²) in [5.74, 6) is 0. The van der Waals surface area contributed by atoms with Crippen molar-refractivity contribution in [2.24, 2.45) is 0 Å². The summed E-state index contributed by atoms with van der Waals surface area (Å²) in [4.78, 5) is 10.8.